The summed E-state index contributed by atoms with van der Waals surface area (Å²) in [4.78, 5) is 26.3. The van der Waals surface area contributed by atoms with Gasteiger partial charge in [-0.25, -0.2) is 4.79 Å². The fourth-order valence-corrected chi connectivity index (χ4v) is 3.87. The van der Waals surface area contributed by atoms with Crippen LogP contribution >= 0.6 is 0 Å². The lowest BCUT2D eigenvalue weighted by molar-refractivity contribution is -0.149. The monoisotopic (exact) mass is 388 g/mol. The van der Waals surface area contributed by atoms with Crippen LogP contribution in [0, 0.1) is 0 Å². The number of alkyl carbamates (subject to hydrolysis) is 1. The second-order valence-corrected chi connectivity index (χ2v) is 7.77. The maximum atomic E-state index is 13.1. The molecule has 2 aliphatic rings. The van der Waals surface area contributed by atoms with Crippen molar-refractivity contribution < 1.29 is 19.1 Å². The molecule has 1 aliphatic carbocycles. The van der Waals surface area contributed by atoms with Crippen molar-refractivity contribution >= 4 is 12.0 Å². The third-order valence-corrected chi connectivity index (χ3v) is 5.60. The lowest BCUT2D eigenvalue weighted by atomic mass is 10.00. The molecule has 3 rings (SSSR count). The minimum absolute atomic E-state index is 0.0404. The van der Waals surface area contributed by atoms with Crippen molar-refractivity contribution in [1.29, 1.82) is 0 Å². The first-order chi connectivity index (χ1) is 13.6. The van der Waals surface area contributed by atoms with Gasteiger partial charge in [0.25, 0.3) is 5.91 Å². The molecule has 2 atom stereocenters. The van der Waals surface area contributed by atoms with Gasteiger partial charge in [0.05, 0.1) is 13.2 Å². The number of nitrogens with one attached hydrogen (secondary N) is 1. The molecule has 0 spiro atoms. The summed E-state index contributed by atoms with van der Waals surface area (Å²) in [5.74, 6) is 0.155. The molecule has 1 saturated carbocycles. The molecule has 154 valence electrons. The van der Waals surface area contributed by atoms with Crippen LogP contribution in [0.3, 0.4) is 0 Å². The van der Waals surface area contributed by atoms with Gasteiger partial charge in [0, 0.05) is 19.2 Å². The maximum Gasteiger partial charge on any atom is 0.406 e. The molecule has 6 nitrogen and oxygen atoms in total. The zero-order valence-electron chi connectivity index (χ0n) is 17.0. The van der Waals surface area contributed by atoms with Crippen molar-refractivity contribution in [3.8, 4) is 0 Å². The number of rotatable bonds is 8. The molecule has 2 fully saturated rings. The lowest BCUT2D eigenvalue weighted by Gasteiger charge is -2.34. The van der Waals surface area contributed by atoms with Crippen LogP contribution in [0.2, 0.25) is 0 Å². The summed E-state index contributed by atoms with van der Waals surface area (Å²) in [5, 5.41) is 2.70. The van der Waals surface area contributed by atoms with Crippen LogP contribution < -0.4 is 5.32 Å². The van der Waals surface area contributed by atoms with Gasteiger partial charge in [0.15, 0.2) is 0 Å². The molecule has 2 amide bonds. The van der Waals surface area contributed by atoms with Gasteiger partial charge in [0.1, 0.15) is 6.10 Å². The van der Waals surface area contributed by atoms with Crippen molar-refractivity contribution in [2.24, 2.45) is 0 Å². The average Bonchev–Trinajstić information content (AvgIpc) is 3.57. The van der Waals surface area contributed by atoms with Crippen molar-refractivity contribution in [2.45, 2.75) is 70.1 Å². The molecule has 1 aromatic rings. The molecule has 0 radical (unpaired) electrons. The van der Waals surface area contributed by atoms with Crippen LogP contribution in [0.1, 0.15) is 62.6 Å². The van der Waals surface area contributed by atoms with E-state index in [1.54, 1.807) is 0 Å². The van der Waals surface area contributed by atoms with E-state index in [1.165, 1.54) is 12.7 Å². The Bertz CT molecular complexity index is 668. The average molecular weight is 389 g/mol. The van der Waals surface area contributed by atoms with Gasteiger partial charge in [-0.15, -0.1) is 0 Å². The molecule has 1 N–H and O–H groups in total. The van der Waals surface area contributed by atoms with E-state index in [4.69, 9.17) is 4.74 Å². The number of hydrogen-bond donors (Lipinski definition) is 1. The fraction of sp³-hybridized carbons (Fsp3) is 0.636. The highest BCUT2D eigenvalue weighted by Gasteiger charge is 2.39. The fourth-order valence-electron chi connectivity index (χ4n) is 3.87. The molecule has 0 bridgehead atoms. The number of ether oxygens (including phenoxy) is 2. The summed E-state index contributed by atoms with van der Waals surface area (Å²) in [6.45, 7) is 3.40. The highest BCUT2D eigenvalue weighted by atomic mass is 16.5. The minimum atomic E-state index is -0.397. The van der Waals surface area contributed by atoms with E-state index in [9.17, 15) is 9.59 Å². The molecule has 0 aromatic heterocycles. The van der Waals surface area contributed by atoms with E-state index in [2.05, 4.69) is 46.1 Å². The molecule has 1 heterocycles. The second kappa shape index (κ2) is 9.92. The molecule has 1 aromatic carbocycles. The number of nitrogens with zero attached hydrogens (tertiary/aromatic N) is 1. The van der Waals surface area contributed by atoms with E-state index in [-0.39, 0.29) is 18.1 Å². The van der Waals surface area contributed by atoms with Gasteiger partial charge in [-0.2, -0.15) is 0 Å². The van der Waals surface area contributed by atoms with Crippen LogP contribution in [0.4, 0.5) is 4.79 Å². The summed E-state index contributed by atoms with van der Waals surface area (Å²) in [6.07, 6.45) is 6.16. The van der Waals surface area contributed by atoms with Crippen LogP contribution in [0.15, 0.2) is 24.3 Å². The first-order valence-corrected chi connectivity index (χ1v) is 10.4. The van der Waals surface area contributed by atoms with Gasteiger partial charge in [-0.1, -0.05) is 24.3 Å². The Morgan fingerprint density at radius 1 is 1.29 bits per heavy atom. The topological polar surface area (TPSA) is 67.9 Å². The van der Waals surface area contributed by atoms with E-state index in [0.29, 0.717) is 19.2 Å². The van der Waals surface area contributed by atoms with Gasteiger partial charge < -0.3 is 19.7 Å². The Morgan fingerprint density at radius 3 is 2.79 bits per heavy atom. The quantitative estimate of drug-likeness (QED) is 0.691. The summed E-state index contributed by atoms with van der Waals surface area (Å²) in [6, 6.07) is 8.83. The number of carbonyl (C=O) groups is 2. The molecule has 0 unspecified atom stereocenters. The number of amides is 2. The highest BCUT2D eigenvalue weighted by Crippen LogP contribution is 2.36. The zero-order chi connectivity index (χ0) is 19.9. The third-order valence-electron chi connectivity index (χ3n) is 5.60. The smallest absolute Gasteiger partial charge is 0.406 e. The summed E-state index contributed by atoms with van der Waals surface area (Å²) in [7, 11) is 1.37. The molecular weight excluding hydrogens is 356 g/mol. The Hall–Kier alpha value is -2.08. The first-order valence-electron chi connectivity index (χ1n) is 10.4. The van der Waals surface area contributed by atoms with Crippen molar-refractivity contribution in [1.82, 2.24) is 10.2 Å². The molecule has 1 saturated heterocycles. The van der Waals surface area contributed by atoms with Crippen LogP contribution in [0.25, 0.3) is 0 Å². The van der Waals surface area contributed by atoms with Gasteiger partial charge in [-0.3, -0.25) is 4.79 Å². The Balaban J connectivity index is 1.62. The van der Waals surface area contributed by atoms with E-state index in [1.807, 2.05) is 0 Å². The SMILES string of the molecule is COC(=O)NCCCc1cccc([C@@H](C)N(C(=O)[C@H]2CCCCO2)C2CC2)c1. The molecule has 28 heavy (non-hydrogen) atoms. The van der Waals surface area contributed by atoms with Crippen molar-refractivity contribution in [3.63, 3.8) is 0 Å². The third kappa shape index (κ3) is 5.47. The standard InChI is InChI=1S/C22H32N2O4/c1-16(24(19-11-12-19)21(25)20-10-3-4-14-28-20)18-9-5-7-17(15-18)8-6-13-23-22(26)27-2/h5,7,9,15-16,19-20H,3-4,6,8,10-14H2,1-2H3,(H,23,26)/t16-,20-/m1/s1. The highest BCUT2D eigenvalue weighted by molar-refractivity contribution is 5.82. The van der Waals surface area contributed by atoms with E-state index < -0.39 is 6.09 Å². The van der Waals surface area contributed by atoms with Crippen LogP contribution in [0.5, 0.6) is 0 Å². The lowest BCUT2D eigenvalue weighted by Crippen LogP contribution is -2.44. The number of carbonyl (C=O) groups excluding carboxylic acids is 2. The summed E-state index contributed by atoms with van der Waals surface area (Å²) < 4.78 is 10.3. The normalized spacial score (nSPS) is 20.3. The Labute approximate surface area is 167 Å². The van der Waals surface area contributed by atoms with Gasteiger partial charge in [0.2, 0.25) is 0 Å². The summed E-state index contributed by atoms with van der Waals surface area (Å²) >= 11 is 0. The predicted octanol–water partition coefficient (Wildman–Crippen LogP) is 3.60. The minimum Gasteiger partial charge on any atom is -0.453 e. The number of hydrogen-bond acceptors (Lipinski definition) is 4. The van der Waals surface area contributed by atoms with Gasteiger partial charge in [-0.05, 0) is 63.0 Å². The van der Waals surface area contributed by atoms with Crippen LogP contribution in [-0.2, 0) is 20.7 Å². The number of methoxy groups -OCH3 is 1. The Morgan fingerprint density at radius 2 is 2.11 bits per heavy atom. The first kappa shape index (κ1) is 20.6. The predicted molar refractivity (Wildman–Crippen MR) is 107 cm³/mol. The van der Waals surface area contributed by atoms with Crippen molar-refractivity contribution in [2.75, 3.05) is 20.3 Å². The van der Waals surface area contributed by atoms with E-state index >= 15 is 0 Å². The van der Waals surface area contributed by atoms with Gasteiger partial charge >= 0.3 is 6.09 Å². The Kier molecular flexibility index (Phi) is 7.31. The zero-order valence-corrected chi connectivity index (χ0v) is 17.0. The molecule has 6 heteroatoms. The van der Waals surface area contributed by atoms with Crippen LogP contribution in [-0.4, -0.2) is 49.3 Å². The molecular formula is C22H32N2O4. The number of benzene rings is 1. The summed E-state index contributed by atoms with van der Waals surface area (Å²) in [5.41, 5.74) is 2.38. The molecule has 1 aliphatic heterocycles. The van der Waals surface area contributed by atoms with E-state index in [0.717, 1.165) is 50.5 Å². The van der Waals surface area contributed by atoms with Crippen molar-refractivity contribution in [3.05, 3.63) is 35.4 Å². The largest absolute Gasteiger partial charge is 0.453 e. The second-order valence-electron chi connectivity index (χ2n) is 7.77. The maximum absolute atomic E-state index is 13.1. The number of aryl methyl sites for hydroxylation is 1.